The van der Waals surface area contributed by atoms with Crippen LogP contribution in [-0.4, -0.2) is 29.1 Å². The van der Waals surface area contributed by atoms with Crippen LogP contribution in [0.5, 0.6) is 0 Å². The summed E-state index contributed by atoms with van der Waals surface area (Å²) < 4.78 is 0. The second-order valence-electron chi connectivity index (χ2n) is 9.19. The van der Waals surface area contributed by atoms with Crippen molar-refractivity contribution >= 4 is 0 Å². The fourth-order valence-corrected chi connectivity index (χ4v) is 4.64. The third-order valence-electron chi connectivity index (χ3n) is 6.48. The minimum atomic E-state index is 0.504. The molecule has 2 nitrogen and oxygen atoms in total. The van der Waals surface area contributed by atoms with Crippen LogP contribution in [-0.2, 0) is 6.42 Å². The Bertz CT molecular complexity index is 539. The molecule has 0 aromatic heterocycles. The molecule has 0 spiro atoms. The van der Waals surface area contributed by atoms with Crippen LogP contribution < -0.4 is 0 Å². The van der Waals surface area contributed by atoms with E-state index in [1.807, 2.05) is 0 Å². The van der Waals surface area contributed by atoms with Crippen molar-refractivity contribution in [1.82, 2.24) is 9.80 Å². The molecule has 170 valence electrons. The van der Waals surface area contributed by atoms with E-state index in [0.29, 0.717) is 6.17 Å². The van der Waals surface area contributed by atoms with Gasteiger partial charge < -0.3 is 9.80 Å². The quantitative estimate of drug-likeness (QED) is 0.224. The number of benzene rings is 1. The monoisotopic (exact) mass is 412 g/mol. The number of unbranched alkanes of at least 4 members (excludes halogenated alkanes) is 12. The minimum absolute atomic E-state index is 0.504. The summed E-state index contributed by atoms with van der Waals surface area (Å²) >= 11 is 0. The van der Waals surface area contributed by atoms with E-state index in [1.165, 1.54) is 102 Å². The van der Waals surface area contributed by atoms with E-state index < -0.39 is 0 Å². The first-order chi connectivity index (χ1) is 14.8. The zero-order valence-corrected chi connectivity index (χ0v) is 20.0. The van der Waals surface area contributed by atoms with Gasteiger partial charge in [-0.2, -0.15) is 0 Å². The van der Waals surface area contributed by atoms with Crippen molar-refractivity contribution in [1.29, 1.82) is 0 Å². The van der Waals surface area contributed by atoms with Crippen molar-refractivity contribution in [2.24, 2.45) is 0 Å². The standard InChI is InChI=1S/C28H48N2/c1-3-5-6-7-8-9-10-11-12-13-14-15-19-23-30-25-24-29(22-4-2)28(30)26-27-20-17-16-18-21-27/h16-18,20-21,24-25,28H,3-15,19,22-23,26H2,1-2H3. The van der Waals surface area contributed by atoms with E-state index in [1.54, 1.807) is 0 Å². The summed E-state index contributed by atoms with van der Waals surface area (Å²) in [4.78, 5) is 5.12. The SMILES string of the molecule is CCCCCCCCCCCCCCCN1C=CN(CCC)C1Cc1ccccc1. The van der Waals surface area contributed by atoms with Gasteiger partial charge in [-0.15, -0.1) is 0 Å². The zero-order chi connectivity index (χ0) is 21.3. The van der Waals surface area contributed by atoms with Gasteiger partial charge in [-0.3, -0.25) is 0 Å². The molecular weight excluding hydrogens is 364 g/mol. The highest BCUT2D eigenvalue weighted by Gasteiger charge is 2.25. The molecule has 0 N–H and O–H groups in total. The van der Waals surface area contributed by atoms with E-state index in [-0.39, 0.29) is 0 Å². The summed E-state index contributed by atoms with van der Waals surface area (Å²) in [5, 5.41) is 0. The fourth-order valence-electron chi connectivity index (χ4n) is 4.64. The van der Waals surface area contributed by atoms with Crippen LogP contribution in [0.4, 0.5) is 0 Å². The zero-order valence-electron chi connectivity index (χ0n) is 20.0. The van der Waals surface area contributed by atoms with Gasteiger partial charge in [0, 0.05) is 31.9 Å². The van der Waals surface area contributed by atoms with Crippen LogP contribution in [0.2, 0.25) is 0 Å². The number of nitrogens with zero attached hydrogens (tertiary/aromatic N) is 2. The van der Waals surface area contributed by atoms with Crippen molar-refractivity contribution in [2.75, 3.05) is 13.1 Å². The second-order valence-corrected chi connectivity index (χ2v) is 9.19. The summed E-state index contributed by atoms with van der Waals surface area (Å²) in [6.45, 7) is 6.93. The molecule has 1 aliphatic rings. The Balaban J connectivity index is 1.53. The molecular formula is C28H48N2. The normalized spacial score (nSPS) is 16.0. The molecule has 0 saturated carbocycles. The van der Waals surface area contributed by atoms with Gasteiger partial charge in [0.1, 0.15) is 6.17 Å². The second kappa shape index (κ2) is 16.3. The third-order valence-corrected chi connectivity index (χ3v) is 6.48. The topological polar surface area (TPSA) is 6.48 Å². The van der Waals surface area contributed by atoms with E-state index in [0.717, 1.165) is 13.0 Å². The summed E-state index contributed by atoms with van der Waals surface area (Å²) in [6.07, 6.45) is 26.0. The van der Waals surface area contributed by atoms with Crippen LogP contribution in [0.25, 0.3) is 0 Å². The first kappa shape index (κ1) is 24.8. The van der Waals surface area contributed by atoms with Crippen molar-refractivity contribution in [2.45, 2.75) is 116 Å². The number of rotatable bonds is 18. The smallest absolute Gasteiger partial charge is 0.105 e. The molecule has 0 fully saturated rings. The van der Waals surface area contributed by atoms with Gasteiger partial charge in [0.25, 0.3) is 0 Å². The largest absolute Gasteiger partial charge is 0.356 e. The lowest BCUT2D eigenvalue weighted by molar-refractivity contribution is 0.150. The average Bonchev–Trinajstić information content (AvgIpc) is 3.13. The molecule has 2 rings (SSSR count). The van der Waals surface area contributed by atoms with Gasteiger partial charge >= 0.3 is 0 Å². The van der Waals surface area contributed by atoms with Gasteiger partial charge in [-0.05, 0) is 18.4 Å². The molecule has 0 amide bonds. The van der Waals surface area contributed by atoms with Crippen molar-refractivity contribution in [3.8, 4) is 0 Å². The van der Waals surface area contributed by atoms with Gasteiger partial charge in [0.2, 0.25) is 0 Å². The predicted octanol–water partition coefficient (Wildman–Crippen LogP) is 8.15. The van der Waals surface area contributed by atoms with Gasteiger partial charge in [-0.1, -0.05) is 121 Å². The molecule has 0 radical (unpaired) electrons. The Labute approximate surface area is 187 Å². The maximum Gasteiger partial charge on any atom is 0.105 e. The molecule has 0 aliphatic carbocycles. The number of hydrogen-bond donors (Lipinski definition) is 0. The van der Waals surface area contributed by atoms with Gasteiger partial charge in [0.05, 0.1) is 0 Å². The molecule has 2 heteroatoms. The van der Waals surface area contributed by atoms with Crippen molar-refractivity contribution in [3.05, 3.63) is 48.3 Å². The third kappa shape index (κ3) is 10.0. The predicted molar refractivity (Wildman–Crippen MR) is 132 cm³/mol. The van der Waals surface area contributed by atoms with E-state index in [9.17, 15) is 0 Å². The first-order valence-electron chi connectivity index (χ1n) is 13.1. The highest BCUT2D eigenvalue weighted by Crippen LogP contribution is 2.21. The Morgan fingerprint density at radius 3 is 1.60 bits per heavy atom. The Morgan fingerprint density at radius 1 is 0.567 bits per heavy atom. The fraction of sp³-hybridized carbons (Fsp3) is 0.714. The summed E-state index contributed by atoms with van der Waals surface area (Å²) in [5.74, 6) is 0. The Kier molecular flexibility index (Phi) is 13.5. The van der Waals surface area contributed by atoms with Crippen molar-refractivity contribution in [3.63, 3.8) is 0 Å². The van der Waals surface area contributed by atoms with Crippen molar-refractivity contribution < 1.29 is 0 Å². The molecule has 1 atom stereocenters. The van der Waals surface area contributed by atoms with Crippen LogP contribution in [0.15, 0.2) is 42.7 Å². The number of hydrogen-bond acceptors (Lipinski definition) is 2. The summed E-state index contributed by atoms with van der Waals surface area (Å²) in [5.41, 5.74) is 1.45. The molecule has 1 aliphatic heterocycles. The average molecular weight is 413 g/mol. The lowest BCUT2D eigenvalue weighted by Crippen LogP contribution is -2.41. The van der Waals surface area contributed by atoms with Crippen LogP contribution in [0.1, 0.15) is 109 Å². The Morgan fingerprint density at radius 2 is 1.07 bits per heavy atom. The van der Waals surface area contributed by atoms with E-state index in [4.69, 9.17) is 0 Å². The molecule has 1 aromatic carbocycles. The maximum atomic E-state index is 2.58. The molecule has 1 aromatic rings. The molecule has 0 saturated heterocycles. The molecule has 1 heterocycles. The molecule has 1 unspecified atom stereocenters. The maximum absolute atomic E-state index is 2.58. The van der Waals surface area contributed by atoms with E-state index in [2.05, 4.69) is 66.4 Å². The highest BCUT2D eigenvalue weighted by atomic mass is 15.4. The summed E-state index contributed by atoms with van der Waals surface area (Å²) in [6, 6.07) is 11.0. The highest BCUT2D eigenvalue weighted by molar-refractivity contribution is 5.17. The van der Waals surface area contributed by atoms with Gasteiger partial charge in [-0.25, -0.2) is 0 Å². The van der Waals surface area contributed by atoms with Crippen LogP contribution >= 0.6 is 0 Å². The lowest BCUT2D eigenvalue weighted by atomic mass is 10.0. The van der Waals surface area contributed by atoms with Crippen LogP contribution in [0.3, 0.4) is 0 Å². The summed E-state index contributed by atoms with van der Waals surface area (Å²) in [7, 11) is 0. The van der Waals surface area contributed by atoms with Gasteiger partial charge in [0.15, 0.2) is 0 Å². The lowest BCUT2D eigenvalue weighted by Gasteiger charge is -2.33. The molecule has 30 heavy (non-hydrogen) atoms. The van der Waals surface area contributed by atoms with E-state index >= 15 is 0 Å². The Hall–Kier alpha value is -1.44. The van der Waals surface area contributed by atoms with Crippen LogP contribution in [0, 0.1) is 0 Å². The molecule has 0 bridgehead atoms. The first-order valence-corrected chi connectivity index (χ1v) is 13.1. The minimum Gasteiger partial charge on any atom is -0.356 e.